The molecule has 2 rings (SSSR count). The predicted octanol–water partition coefficient (Wildman–Crippen LogP) is 1.66. The Labute approximate surface area is 85.6 Å². The molecule has 1 aliphatic rings. The zero-order chi connectivity index (χ0) is 10.1. The number of hydrogen-bond acceptors (Lipinski definition) is 5. The van der Waals surface area contributed by atoms with E-state index in [1.165, 1.54) is 0 Å². The molecule has 0 spiro atoms. The fraction of sp³-hybridized carbons (Fsp3) is 0.444. The van der Waals surface area contributed by atoms with E-state index in [0.717, 1.165) is 27.7 Å². The Morgan fingerprint density at radius 1 is 1.57 bits per heavy atom. The molecule has 2 heterocycles. The lowest BCUT2D eigenvalue weighted by atomic mass is 10.2. The highest BCUT2D eigenvalue weighted by Crippen LogP contribution is 2.23. The summed E-state index contributed by atoms with van der Waals surface area (Å²) in [6.45, 7) is 3.99. The first-order valence-corrected chi connectivity index (χ1v) is 5.25. The van der Waals surface area contributed by atoms with Gasteiger partial charge in [-0.25, -0.2) is 9.78 Å². The summed E-state index contributed by atoms with van der Waals surface area (Å²) >= 11 is 1.56. The summed E-state index contributed by atoms with van der Waals surface area (Å²) in [5.74, 6) is -0.284. The maximum absolute atomic E-state index is 10.9. The van der Waals surface area contributed by atoms with Crippen molar-refractivity contribution in [2.75, 3.05) is 0 Å². The molecular formula is C9H10N2O2S. The highest BCUT2D eigenvalue weighted by molar-refractivity contribution is 7.13. The summed E-state index contributed by atoms with van der Waals surface area (Å²) in [6, 6.07) is 0. The predicted molar refractivity (Wildman–Crippen MR) is 53.5 cm³/mol. The summed E-state index contributed by atoms with van der Waals surface area (Å²) in [5, 5.41) is 4.75. The summed E-state index contributed by atoms with van der Waals surface area (Å²) in [4.78, 5) is 20.8. The molecule has 0 N–H and O–H groups in total. The van der Waals surface area contributed by atoms with Gasteiger partial charge < -0.3 is 4.84 Å². The molecule has 0 radical (unpaired) electrons. The highest BCUT2D eigenvalue weighted by atomic mass is 32.1. The number of carbonyl (C=O) groups is 1. The van der Waals surface area contributed by atoms with E-state index in [0.29, 0.717) is 0 Å². The standard InChI is InChI=1S/C9H10N2O2S/c1-3-6-9(14-5(2)10-6)7-4-8(12)13-11-7/h3-4H2,1-2H3. The molecule has 0 saturated carbocycles. The van der Waals surface area contributed by atoms with Crippen LogP contribution in [0.5, 0.6) is 0 Å². The van der Waals surface area contributed by atoms with Gasteiger partial charge in [0.25, 0.3) is 0 Å². The van der Waals surface area contributed by atoms with Gasteiger partial charge in [0, 0.05) is 0 Å². The lowest BCUT2D eigenvalue weighted by Crippen LogP contribution is -2.01. The van der Waals surface area contributed by atoms with Gasteiger partial charge in [-0.05, 0) is 13.3 Å². The molecule has 0 fully saturated rings. The average Bonchev–Trinajstić information content (AvgIpc) is 2.71. The van der Waals surface area contributed by atoms with Gasteiger partial charge in [-0.1, -0.05) is 12.1 Å². The minimum Gasteiger partial charge on any atom is -0.318 e. The number of aromatic nitrogens is 1. The lowest BCUT2D eigenvalue weighted by molar-refractivity contribution is -0.140. The number of hydrogen-bond donors (Lipinski definition) is 0. The Kier molecular flexibility index (Phi) is 2.33. The van der Waals surface area contributed by atoms with E-state index < -0.39 is 0 Å². The van der Waals surface area contributed by atoms with Crippen LogP contribution in [-0.4, -0.2) is 16.7 Å². The zero-order valence-corrected chi connectivity index (χ0v) is 8.85. The first-order chi connectivity index (χ1) is 6.70. The maximum atomic E-state index is 10.9. The molecule has 0 aromatic carbocycles. The van der Waals surface area contributed by atoms with Crippen LogP contribution in [-0.2, 0) is 16.1 Å². The molecular weight excluding hydrogens is 200 g/mol. The number of thiazole rings is 1. The van der Waals surface area contributed by atoms with E-state index in [9.17, 15) is 4.79 Å². The van der Waals surface area contributed by atoms with Gasteiger partial charge in [0.15, 0.2) is 0 Å². The van der Waals surface area contributed by atoms with Crippen molar-refractivity contribution in [2.45, 2.75) is 26.7 Å². The van der Waals surface area contributed by atoms with Gasteiger partial charge in [0.2, 0.25) is 0 Å². The highest BCUT2D eigenvalue weighted by Gasteiger charge is 2.23. The minimum atomic E-state index is -0.284. The van der Waals surface area contributed by atoms with Crippen LogP contribution < -0.4 is 0 Å². The van der Waals surface area contributed by atoms with Crippen LogP contribution in [0.1, 0.15) is 28.9 Å². The molecule has 5 heteroatoms. The number of carbonyl (C=O) groups excluding carboxylic acids is 1. The van der Waals surface area contributed by atoms with E-state index in [1.54, 1.807) is 11.3 Å². The van der Waals surface area contributed by atoms with E-state index in [-0.39, 0.29) is 12.4 Å². The molecule has 0 amide bonds. The van der Waals surface area contributed by atoms with E-state index in [4.69, 9.17) is 0 Å². The fourth-order valence-corrected chi connectivity index (χ4v) is 2.35. The van der Waals surface area contributed by atoms with Gasteiger partial charge in [-0.2, -0.15) is 0 Å². The lowest BCUT2D eigenvalue weighted by Gasteiger charge is -1.94. The first-order valence-electron chi connectivity index (χ1n) is 4.44. The quantitative estimate of drug-likeness (QED) is 0.697. The molecule has 14 heavy (non-hydrogen) atoms. The number of rotatable bonds is 2. The monoisotopic (exact) mass is 210 g/mol. The molecule has 0 unspecified atom stereocenters. The molecule has 0 bridgehead atoms. The third-order valence-electron chi connectivity index (χ3n) is 1.97. The van der Waals surface area contributed by atoms with Crippen LogP contribution in [0.4, 0.5) is 0 Å². The van der Waals surface area contributed by atoms with Crippen molar-refractivity contribution in [3.63, 3.8) is 0 Å². The summed E-state index contributed by atoms with van der Waals surface area (Å²) in [5.41, 5.74) is 1.72. The Morgan fingerprint density at radius 3 is 2.93 bits per heavy atom. The second-order valence-electron chi connectivity index (χ2n) is 3.04. The van der Waals surface area contributed by atoms with Crippen LogP contribution in [0.3, 0.4) is 0 Å². The van der Waals surface area contributed by atoms with Crippen LogP contribution in [0.15, 0.2) is 5.16 Å². The van der Waals surface area contributed by atoms with Gasteiger partial charge in [0.1, 0.15) is 5.71 Å². The van der Waals surface area contributed by atoms with Gasteiger partial charge in [-0.15, -0.1) is 11.3 Å². The molecule has 0 saturated heterocycles. The van der Waals surface area contributed by atoms with Crippen molar-refractivity contribution >= 4 is 23.0 Å². The zero-order valence-electron chi connectivity index (χ0n) is 8.03. The van der Waals surface area contributed by atoms with Crippen molar-refractivity contribution < 1.29 is 9.63 Å². The Balaban J connectivity index is 2.36. The molecule has 0 atom stereocenters. The molecule has 0 aliphatic carbocycles. The molecule has 1 aliphatic heterocycles. The summed E-state index contributed by atoms with van der Waals surface area (Å²) < 4.78 is 0. The summed E-state index contributed by atoms with van der Waals surface area (Å²) in [7, 11) is 0. The second-order valence-corrected chi connectivity index (χ2v) is 4.24. The van der Waals surface area contributed by atoms with Crippen molar-refractivity contribution in [1.29, 1.82) is 0 Å². The first kappa shape index (κ1) is 9.33. The van der Waals surface area contributed by atoms with Gasteiger partial charge in [0.05, 0.1) is 22.0 Å². The number of nitrogens with zero attached hydrogens (tertiary/aromatic N) is 2. The van der Waals surface area contributed by atoms with Crippen molar-refractivity contribution in [1.82, 2.24) is 4.98 Å². The maximum Gasteiger partial charge on any atom is 0.341 e. The third kappa shape index (κ3) is 1.55. The van der Waals surface area contributed by atoms with Gasteiger partial charge >= 0.3 is 5.97 Å². The van der Waals surface area contributed by atoms with E-state index >= 15 is 0 Å². The molecule has 74 valence electrons. The van der Waals surface area contributed by atoms with E-state index in [2.05, 4.69) is 15.0 Å². The van der Waals surface area contributed by atoms with E-state index in [1.807, 2.05) is 13.8 Å². The largest absolute Gasteiger partial charge is 0.341 e. The van der Waals surface area contributed by atoms with Crippen LogP contribution in [0, 0.1) is 6.92 Å². The summed E-state index contributed by atoms with van der Waals surface area (Å²) in [6.07, 6.45) is 1.13. The van der Waals surface area contributed by atoms with Gasteiger partial charge in [-0.3, -0.25) is 0 Å². The number of aryl methyl sites for hydroxylation is 2. The molecule has 1 aromatic heterocycles. The normalized spacial score (nSPS) is 15.6. The third-order valence-corrected chi connectivity index (χ3v) is 3.03. The molecule has 4 nitrogen and oxygen atoms in total. The van der Waals surface area contributed by atoms with Crippen LogP contribution >= 0.6 is 11.3 Å². The Hall–Kier alpha value is -1.23. The SMILES string of the molecule is CCc1nc(C)sc1C1=NOC(=O)C1. The fourth-order valence-electron chi connectivity index (χ4n) is 1.36. The Bertz CT molecular complexity index is 409. The van der Waals surface area contributed by atoms with Crippen molar-refractivity contribution in [2.24, 2.45) is 5.16 Å². The topological polar surface area (TPSA) is 51.6 Å². The second kappa shape index (κ2) is 3.49. The van der Waals surface area contributed by atoms with Crippen LogP contribution in [0.25, 0.3) is 0 Å². The van der Waals surface area contributed by atoms with Crippen molar-refractivity contribution in [3.05, 3.63) is 15.6 Å². The average molecular weight is 210 g/mol. The number of oxime groups is 1. The minimum absolute atomic E-state index is 0.272. The van der Waals surface area contributed by atoms with Crippen molar-refractivity contribution in [3.8, 4) is 0 Å². The Morgan fingerprint density at radius 2 is 2.36 bits per heavy atom. The molecule has 1 aromatic rings. The smallest absolute Gasteiger partial charge is 0.318 e. The van der Waals surface area contributed by atoms with Crippen LogP contribution in [0.2, 0.25) is 0 Å².